The number of ether oxygens (including phenoxy) is 1. The molecule has 8 heteroatoms. The van der Waals surface area contributed by atoms with Crippen molar-refractivity contribution in [3.63, 3.8) is 0 Å². The third-order valence-electron chi connectivity index (χ3n) is 9.86. The number of ketones is 2. The fourth-order valence-electron chi connectivity index (χ4n) is 8.04. The highest BCUT2D eigenvalue weighted by Crippen LogP contribution is 2.67. The Morgan fingerprint density at radius 2 is 1.58 bits per heavy atom. The van der Waals surface area contributed by atoms with Crippen LogP contribution in [0, 0.1) is 28.6 Å². The smallest absolute Gasteiger partial charge is 0.303 e. The summed E-state index contributed by atoms with van der Waals surface area (Å²) in [5.74, 6) is 0.0194. The Morgan fingerprint density at radius 3 is 2.11 bits per heavy atom. The van der Waals surface area contributed by atoms with E-state index in [0.717, 1.165) is 25.7 Å². The standard InChI is InChI=1S/C24H32O4.C4H5NO3/c1-14-12-18-19(22(4)9-6-17(27)13-21(14)22)7-10-23(5)20(18)8-11-24(23,15(2)25)28-16(3)26;6-3-1-2-4(7)5(3)8/h12-13,18-20H,6-11H2,1-5H3;8H,1-2H2/t18-,19+,20+,22-,23+,24+;/m1./s1. The van der Waals surface area contributed by atoms with Crippen LogP contribution in [0.3, 0.4) is 0 Å². The summed E-state index contributed by atoms with van der Waals surface area (Å²) in [6, 6.07) is 0. The predicted molar refractivity (Wildman–Crippen MR) is 129 cm³/mol. The number of hydrogen-bond donors (Lipinski definition) is 1. The summed E-state index contributed by atoms with van der Waals surface area (Å²) in [7, 11) is 0. The molecule has 4 aliphatic carbocycles. The molecule has 1 heterocycles. The fourth-order valence-corrected chi connectivity index (χ4v) is 8.04. The lowest BCUT2D eigenvalue weighted by Crippen LogP contribution is -2.58. The Balaban J connectivity index is 0.000000325. The van der Waals surface area contributed by atoms with Gasteiger partial charge in [-0.15, -0.1) is 0 Å². The van der Waals surface area contributed by atoms with Crippen LogP contribution in [-0.4, -0.2) is 45.2 Å². The number of carbonyl (C=O) groups is 5. The summed E-state index contributed by atoms with van der Waals surface area (Å²) in [5, 5.41) is 8.57. The van der Waals surface area contributed by atoms with Crippen LogP contribution in [0.1, 0.15) is 86.0 Å². The number of carbonyl (C=O) groups excluding carboxylic acids is 5. The molecule has 0 spiro atoms. The molecule has 5 aliphatic rings. The second-order valence-corrected chi connectivity index (χ2v) is 11.7. The molecule has 3 fully saturated rings. The molecule has 0 aromatic heterocycles. The van der Waals surface area contributed by atoms with E-state index in [4.69, 9.17) is 9.94 Å². The maximum absolute atomic E-state index is 12.8. The summed E-state index contributed by atoms with van der Waals surface area (Å²) in [6.45, 7) is 9.63. The van der Waals surface area contributed by atoms with E-state index in [1.807, 2.05) is 6.08 Å². The number of hydroxylamine groups is 2. The zero-order valence-electron chi connectivity index (χ0n) is 21.9. The van der Waals surface area contributed by atoms with Gasteiger partial charge < -0.3 is 4.74 Å². The predicted octanol–water partition coefficient (Wildman–Crippen LogP) is 4.10. The van der Waals surface area contributed by atoms with Gasteiger partial charge in [-0.05, 0) is 80.8 Å². The van der Waals surface area contributed by atoms with Gasteiger partial charge in [0.05, 0.1) is 0 Å². The van der Waals surface area contributed by atoms with E-state index in [-0.39, 0.29) is 46.3 Å². The molecule has 0 aromatic rings. The molecule has 1 N–H and O–H groups in total. The van der Waals surface area contributed by atoms with Gasteiger partial charge in [0.15, 0.2) is 17.2 Å². The molecule has 0 unspecified atom stereocenters. The van der Waals surface area contributed by atoms with Gasteiger partial charge in [0.1, 0.15) is 0 Å². The summed E-state index contributed by atoms with van der Waals surface area (Å²) < 4.78 is 5.82. The first-order chi connectivity index (χ1) is 16.8. The molecule has 1 aliphatic heterocycles. The van der Waals surface area contributed by atoms with Gasteiger partial charge in [0.25, 0.3) is 11.8 Å². The Labute approximate surface area is 212 Å². The maximum Gasteiger partial charge on any atom is 0.303 e. The Morgan fingerprint density at radius 1 is 0.972 bits per heavy atom. The highest BCUT2D eigenvalue weighted by molar-refractivity contribution is 6.00. The van der Waals surface area contributed by atoms with Gasteiger partial charge in [-0.3, -0.25) is 29.2 Å². The number of amides is 2. The van der Waals surface area contributed by atoms with Gasteiger partial charge >= 0.3 is 5.97 Å². The minimum atomic E-state index is -0.990. The summed E-state index contributed by atoms with van der Waals surface area (Å²) >= 11 is 0. The molecular formula is C28H37NO7. The number of rotatable bonds is 2. The second-order valence-electron chi connectivity index (χ2n) is 11.7. The largest absolute Gasteiger partial charge is 0.451 e. The average Bonchev–Trinajstić information content (AvgIpc) is 3.26. The molecule has 196 valence electrons. The molecular weight excluding hydrogens is 462 g/mol. The van der Waals surface area contributed by atoms with Crippen molar-refractivity contribution in [2.45, 2.75) is 91.6 Å². The van der Waals surface area contributed by atoms with Crippen LogP contribution in [0.4, 0.5) is 0 Å². The third kappa shape index (κ3) is 3.88. The van der Waals surface area contributed by atoms with Crippen LogP contribution >= 0.6 is 0 Å². The Bertz CT molecular complexity index is 1070. The number of fused-ring (bicyclic) bond motifs is 5. The van der Waals surface area contributed by atoms with Gasteiger partial charge in [0, 0.05) is 31.6 Å². The van der Waals surface area contributed by atoms with E-state index in [9.17, 15) is 24.0 Å². The molecule has 0 radical (unpaired) electrons. The number of allylic oxidation sites excluding steroid dienone is 4. The molecule has 0 bridgehead atoms. The molecule has 1 saturated heterocycles. The minimum Gasteiger partial charge on any atom is -0.451 e. The molecule has 36 heavy (non-hydrogen) atoms. The van der Waals surface area contributed by atoms with Gasteiger partial charge in [-0.1, -0.05) is 25.5 Å². The molecule has 5 rings (SSSR count). The molecule has 6 atom stereocenters. The van der Waals surface area contributed by atoms with Crippen molar-refractivity contribution < 1.29 is 33.9 Å². The molecule has 2 saturated carbocycles. The molecule has 8 nitrogen and oxygen atoms in total. The normalized spacial score (nSPS) is 39.2. The number of imide groups is 1. The lowest BCUT2D eigenvalue weighted by molar-refractivity contribution is -0.185. The highest BCUT2D eigenvalue weighted by Gasteiger charge is 2.67. The zero-order valence-corrected chi connectivity index (χ0v) is 21.9. The average molecular weight is 500 g/mol. The second kappa shape index (κ2) is 9.05. The van der Waals surface area contributed by atoms with Gasteiger partial charge in [-0.25, -0.2) is 0 Å². The van der Waals surface area contributed by atoms with Crippen LogP contribution in [0.2, 0.25) is 0 Å². The lowest BCUT2D eigenvalue weighted by Gasteiger charge is -2.58. The van der Waals surface area contributed by atoms with Crippen molar-refractivity contribution in [3.05, 3.63) is 23.3 Å². The van der Waals surface area contributed by atoms with Gasteiger partial charge in [0.2, 0.25) is 0 Å². The molecule has 0 aromatic carbocycles. The Kier molecular flexibility index (Phi) is 6.65. The zero-order chi connectivity index (χ0) is 26.6. The van der Waals surface area contributed by atoms with E-state index in [1.165, 1.54) is 18.1 Å². The highest BCUT2D eigenvalue weighted by atomic mass is 16.6. The number of hydrogen-bond acceptors (Lipinski definition) is 7. The van der Waals surface area contributed by atoms with Crippen LogP contribution in [-0.2, 0) is 28.7 Å². The van der Waals surface area contributed by atoms with Crippen molar-refractivity contribution in [2.24, 2.45) is 28.6 Å². The Hall–Kier alpha value is -2.61. The van der Waals surface area contributed by atoms with Crippen molar-refractivity contribution >= 4 is 29.4 Å². The van der Waals surface area contributed by atoms with E-state index in [2.05, 4.69) is 26.8 Å². The first-order valence-electron chi connectivity index (χ1n) is 13.0. The maximum atomic E-state index is 12.8. The number of nitrogens with zero attached hydrogens (tertiary/aromatic N) is 1. The van der Waals surface area contributed by atoms with E-state index in [1.54, 1.807) is 6.92 Å². The van der Waals surface area contributed by atoms with Crippen LogP contribution < -0.4 is 0 Å². The molecule has 2 amide bonds. The van der Waals surface area contributed by atoms with Crippen molar-refractivity contribution in [3.8, 4) is 0 Å². The van der Waals surface area contributed by atoms with E-state index < -0.39 is 17.4 Å². The number of Topliss-reactive ketones (excluding diaryl/α,β-unsaturated/α-hetero) is 1. The summed E-state index contributed by atoms with van der Waals surface area (Å²) in [6.07, 6.45) is 9.49. The summed E-state index contributed by atoms with van der Waals surface area (Å²) in [5.41, 5.74) is 1.15. The van der Waals surface area contributed by atoms with Crippen molar-refractivity contribution in [1.82, 2.24) is 5.06 Å². The van der Waals surface area contributed by atoms with Crippen molar-refractivity contribution in [1.29, 1.82) is 0 Å². The van der Waals surface area contributed by atoms with Gasteiger partial charge in [-0.2, -0.15) is 5.06 Å². The van der Waals surface area contributed by atoms with Crippen LogP contribution in [0.5, 0.6) is 0 Å². The van der Waals surface area contributed by atoms with E-state index in [0.29, 0.717) is 30.6 Å². The van der Waals surface area contributed by atoms with Crippen molar-refractivity contribution in [2.75, 3.05) is 0 Å². The minimum absolute atomic E-state index is 0.0160. The lowest BCUT2D eigenvalue weighted by atomic mass is 9.47. The topological polar surface area (TPSA) is 118 Å². The van der Waals surface area contributed by atoms with E-state index >= 15 is 0 Å². The SMILES string of the molecule is CC(=O)O[C@]1(C(C)=O)CC[C@H]2[C@@H]3C=C(C)C4=CC(=O)CC[C@]4(C)[C@H]3CC[C@@]21C.O=C1CCC(=O)N1O. The quantitative estimate of drug-likeness (QED) is 0.345. The third-order valence-corrected chi connectivity index (χ3v) is 9.86. The summed E-state index contributed by atoms with van der Waals surface area (Å²) in [4.78, 5) is 57.2. The fraction of sp³-hybridized carbons (Fsp3) is 0.679. The first-order valence-corrected chi connectivity index (χ1v) is 13.0. The van der Waals surface area contributed by atoms with Crippen LogP contribution in [0.25, 0.3) is 0 Å². The first kappa shape index (κ1) is 26.5. The number of esters is 1. The van der Waals surface area contributed by atoms with Crippen LogP contribution in [0.15, 0.2) is 23.3 Å². The monoisotopic (exact) mass is 499 g/mol.